The SMILES string of the molecule is CC(C)(C)OC(=O)N[C@@H]1CCNC1=O. The van der Waals surface area contributed by atoms with E-state index in [2.05, 4.69) is 10.6 Å². The molecule has 1 atom stereocenters. The van der Waals surface area contributed by atoms with E-state index < -0.39 is 17.7 Å². The molecule has 0 aromatic rings. The van der Waals surface area contributed by atoms with E-state index in [1.165, 1.54) is 0 Å². The zero-order valence-electron chi connectivity index (χ0n) is 8.72. The van der Waals surface area contributed by atoms with Crippen molar-refractivity contribution < 1.29 is 14.3 Å². The zero-order valence-corrected chi connectivity index (χ0v) is 8.72. The molecule has 2 N–H and O–H groups in total. The van der Waals surface area contributed by atoms with Gasteiger partial charge >= 0.3 is 6.09 Å². The van der Waals surface area contributed by atoms with Crippen molar-refractivity contribution in [3.8, 4) is 0 Å². The van der Waals surface area contributed by atoms with Gasteiger partial charge in [0, 0.05) is 6.54 Å². The van der Waals surface area contributed by atoms with Crippen LogP contribution in [0.15, 0.2) is 0 Å². The minimum absolute atomic E-state index is 0.143. The molecular weight excluding hydrogens is 184 g/mol. The molecule has 14 heavy (non-hydrogen) atoms. The number of carbonyl (C=O) groups is 2. The van der Waals surface area contributed by atoms with Crippen LogP contribution in [0.5, 0.6) is 0 Å². The standard InChI is InChI=1S/C9H16N2O3/c1-9(2,3)14-8(13)11-6-4-5-10-7(6)12/h6H,4-5H2,1-3H3,(H,10,12)(H,11,13)/t6-/m1/s1. The van der Waals surface area contributed by atoms with Gasteiger partial charge in [-0.05, 0) is 27.2 Å². The number of hydrogen-bond acceptors (Lipinski definition) is 3. The van der Waals surface area contributed by atoms with Gasteiger partial charge in [-0.15, -0.1) is 0 Å². The maximum absolute atomic E-state index is 11.2. The number of ether oxygens (including phenoxy) is 1. The highest BCUT2D eigenvalue weighted by molar-refractivity contribution is 5.87. The average molecular weight is 200 g/mol. The normalized spacial score (nSPS) is 21.6. The lowest BCUT2D eigenvalue weighted by atomic mass is 10.2. The van der Waals surface area contributed by atoms with Gasteiger partial charge in [0.1, 0.15) is 11.6 Å². The largest absolute Gasteiger partial charge is 0.444 e. The first-order valence-corrected chi connectivity index (χ1v) is 4.66. The summed E-state index contributed by atoms with van der Waals surface area (Å²) in [4.78, 5) is 22.3. The molecule has 1 saturated heterocycles. The number of amides is 2. The maximum atomic E-state index is 11.2. The van der Waals surface area contributed by atoms with Crippen LogP contribution in [-0.2, 0) is 9.53 Å². The summed E-state index contributed by atoms with van der Waals surface area (Å²) in [6.45, 7) is 5.95. The number of nitrogens with one attached hydrogen (secondary N) is 2. The Hall–Kier alpha value is -1.26. The zero-order chi connectivity index (χ0) is 10.8. The van der Waals surface area contributed by atoms with Gasteiger partial charge in [0.2, 0.25) is 5.91 Å². The van der Waals surface area contributed by atoms with Gasteiger partial charge in [-0.3, -0.25) is 4.79 Å². The monoisotopic (exact) mass is 200 g/mol. The Labute approximate surface area is 83.2 Å². The van der Waals surface area contributed by atoms with Gasteiger partial charge < -0.3 is 15.4 Å². The van der Waals surface area contributed by atoms with Gasteiger partial charge in [0.15, 0.2) is 0 Å². The first-order valence-electron chi connectivity index (χ1n) is 4.66. The van der Waals surface area contributed by atoms with Crippen LogP contribution in [0.3, 0.4) is 0 Å². The van der Waals surface area contributed by atoms with Crippen LogP contribution in [0.4, 0.5) is 4.79 Å². The third-order valence-corrected chi connectivity index (χ3v) is 1.74. The Morgan fingerprint density at radius 1 is 1.57 bits per heavy atom. The fourth-order valence-corrected chi connectivity index (χ4v) is 1.18. The van der Waals surface area contributed by atoms with Crippen LogP contribution in [0.2, 0.25) is 0 Å². The lowest BCUT2D eigenvalue weighted by Gasteiger charge is -2.20. The molecule has 0 spiro atoms. The van der Waals surface area contributed by atoms with Crippen molar-refractivity contribution in [1.82, 2.24) is 10.6 Å². The van der Waals surface area contributed by atoms with Crippen molar-refractivity contribution in [2.75, 3.05) is 6.54 Å². The van der Waals surface area contributed by atoms with E-state index in [-0.39, 0.29) is 5.91 Å². The molecule has 1 aliphatic rings. The van der Waals surface area contributed by atoms with E-state index in [0.29, 0.717) is 13.0 Å². The predicted molar refractivity (Wildman–Crippen MR) is 50.8 cm³/mol. The van der Waals surface area contributed by atoms with E-state index in [9.17, 15) is 9.59 Å². The molecule has 0 saturated carbocycles. The third kappa shape index (κ3) is 3.24. The van der Waals surface area contributed by atoms with Crippen molar-refractivity contribution in [2.45, 2.75) is 38.8 Å². The average Bonchev–Trinajstić information content (AvgIpc) is 2.32. The Kier molecular flexibility index (Phi) is 2.98. The lowest BCUT2D eigenvalue weighted by molar-refractivity contribution is -0.120. The van der Waals surface area contributed by atoms with E-state index in [0.717, 1.165) is 0 Å². The molecule has 80 valence electrons. The highest BCUT2D eigenvalue weighted by Crippen LogP contribution is 2.08. The maximum Gasteiger partial charge on any atom is 0.408 e. The second-order valence-corrected chi connectivity index (χ2v) is 4.28. The number of carbonyl (C=O) groups excluding carboxylic acids is 2. The van der Waals surface area contributed by atoms with Crippen LogP contribution in [0, 0.1) is 0 Å². The van der Waals surface area contributed by atoms with Crippen LogP contribution in [0.25, 0.3) is 0 Å². The predicted octanol–water partition coefficient (Wildman–Crippen LogP) is 0.400. The number of alkyl carbamates (subject to hydrolysis) is 1. The molecule has 1 fully saturated rings. The molecule has 2 amide bonds. The molecule has 0 aliphatic carbocycles. The first kappa shape index (κ1) is 10.8. The van der Waals surface area contributed by atoms with E-state index >= 15 is 0 Å². The number of hydrogen-bond donors (Lipinski definition) is 2. The minimum atomic E-state index is -0.542. The van der Waals surface area contributed by atoms with Crippen LogP contribution in [-0.4, -0.2) is 30.2 Å². The van der Waals surface area contributed by atoms with Crippen LogP contribution >= 0.6 is 0 Å². The van der Waals surface area contributed by atoms with E-state index in [1.807, 2.05) is 0 Å². The van der Waals surface area contributed by atoms with Gasteiger partial charge in [-0.1, -0.05) is 0 Å². The quantitative estimate of drug-likeness (QED) is 0.643. The molecule has 1 heterocycles. The third-order valence-electron chi connectivity index (χ3n) is 1.74. The highest BCUT2D eigenvalue weighted by Gasteiger charge is 2.27. The molecule has 5 heteroatoms. The molecule has 1 rings (SSSR count). The van der Waals surface area contributed by atoms with E-state index in [4.69, 9.17) is 4.74 Å². The fraction of sp³-hybridized carbons (Fsp3) is 0.778. The Morgan fingerprint density at radius 2 is 2.21 bits per heavy atom. The summed E-state index contributed by atoms with van der Waals surface area (Å²) in [5.74, 6) is -0.143. The summed E-state index contributed by atoms with van der Waals surface area (Å²) in [7, 11) is 0. The molecule has 0 radical (unpaired) electrons. The Balaban J connectivity index is 2.37. The van der Waals surface area contributed by atoms with Crippen molar-refractivity contribution in [1.29, 1.82) is 0 Å². The fourth-order valence-electron chi connectivity index (χ4n) is 1.18. The molecule has 0 aromatic carbocycles. The topological polar surface area (TPSA) is 67.4 Å². The highest BCUT2D eigenvalue weighted by atomic mass is 16.6. The van der Waals surface area contributed by atoms with Gasteiger partial charge in [-0.25, -0.2) is 4.79 Å². The summed E-state index contributed by atoms with van der Waals surface area (Å²) < 4.78 is 5.02. The first-order chi connectivity index (χ1) is 6.38. The second-order valence-electron chi connectivity index (χ2n) is 4.28. The Morgan fingerprint density at radius 3 is 2.64 bits per heavy atom. The lowest BCUT2D eigenvalue weighted by Crippen LogP contribution is -2.42. The van der Waals surface area contributed by atoms with Crippen LogP contribution in [0.1, 0.15) is 27.2 Å². The van der Waals surface area contributed by atoms with Crippen LogP contribution < -0.4 is 10.6 Å². The summed E-state index contributed by atoms with van der Waals surface area (Å²) in [5.41, 5.74) is -0.529. The van der Waals surface area contributed by atoms with Crippen molar-refractivity contribution in [2.24, 2.45) is 0 Å². The Bertz CT molecular complexity index is 245. The van der Waals surface area contributed by atoms with Gasteiger partial charge in [0.25, 0.3) is 0 Å². The van der Waals surface area contributed by atoms with Gasteiger partial charge in [-0.2, -0.15) is 0 Å². The summed E-state index contributed by atoms with van der Waals surface area (Å²) in [5, 5.41) is 5.14. The minimum Gasteiger partial charge on any atom is -0.444 e. The smallest absolute Gasteiger partial charge is 0.408 e. The molecule has 0 unspecified atom stereocenters. The van der Waals surface area contributed by atoms with Gasteiger partial charge in [0.05, 0.1) is 0 Å². The molecule has 5 nitrogen and oxygen atoms in total. The second kappa shape index (κ2) is 3.86. The summed E-state index contributed by atoms with van der Waals surface area (Å²) in [6, 6.07) is -0.440. The van der Waals surface area contributed by atoms with Crippen molar-refractivity contribution >= 4 is 12.0 Å². The molecule has 0 aromatic heterocycles. The number of rotatable bonds is 1. The van der Waals surface area contributed by atoms with E-state index in [1.54, 1.807) is 20.8 Å². The summed E-state index contributed by atoms with van der Waals surface area (Å²) in [6.07, 6.45) is 0.0810. The van der Waals surface area contributed by atoms with Crippen molar-refractivity contribution in [3.63, 3.8) is 0 Å². The molecule has 1 aliphatic heterocycles. The summed E-state index contributed by atoms with van der Waals surface area (Å²) >= 11 is 0. The molecular formula is C9H16N2O3. The van der Waals surface area contributed by atoms with Crippen molar-refractivity contribution in [3.05, 3.63) is 0 Å². The molecule has 0 bridgehead atoms.